The molecule has 3 heterocycles. The summed E-state index contributed by atoms with van der Waals surface area (Å²) in [5.74, 6) is -1.16. The molecule has 116 valence electrons. The molecule has 0 aliphatic carbocycles. The number of likely N-dealkylation sites (tertiary alicyclic amines) is 1. The zero-order valence-corrected chi connectivity index (χ0v) is 12.9. The summed E-state index contributed by atoms with van der Waals surface area (Å²) in [7, 11) is 0. The molecular formula is C16H23NO4. The monoisotopic (exact) mass is 293 g/mol. The summed E-state index contributed by atoms with van der Waals surface area (Å²) in [4.78, 5) is 26.8. The predicted octanol–water partition coefficient (Wildman–Crippen LogP) is 1.52. The van der Waals surface area contributed by atoms with E-state index in [1.54, 1.807) is 0 Å². The summed E-state index contributed by atoms with van der Waals surface area (Å²) in [5, 5.41) is 0. The highest BCUT2D eigenvalue weighted by atomic mass is 16.6. The number of amides is 1. The van der Waals surface area contributed by atoms with E-state index in [2.05, 4.69) is 0 Å². The van der Waals surface area contributed by atoms with Gasteiger partial charge in [0.25, 0.3) is 0 Å². The van der Waals surface area contributed by atoms with Gasteiger partial charge in [-0.2, -0.15) is 0 Å². The Morgan fingerprint density at radius 3 is 3.00 bits per heavy atom. The Labute approximate surface area is 125 Å². The average molecular weight is 293 g/mol. The highest BCUT2D eigenvalue weighted by Crippen LogP contribution is 2.52. The molecule has 0 aromatic rings. The number of carbonyl (C=O) groups excluding carboxylic acids is 2. The molecule has 0 unspecified atom stereocenters. The van der Waals surface area contributed by atoms with Crippen molar-refractivity contribution in [1.29, 1.82) is 0 Å². The smallest absolute Gasteiger partial charge is 0.312 e. The first-order valence-corrected chi connectivity index (χ1v) is 7.84. The molecule has 3 rings (SSSR count). The van der Waals surface area contributed by atoms with E-state index in [-0.39, 0.29) is 24.0 Å². The highest BCUT2D eigenvalue weighted by Gasteiger charge is 2.67. The van der Waals surface area contributed by atoms with Gasteiger partial charge in [-0.15, -0.1) is 0 Å². The van der Waals surface area contributed by atoms with Crippen molar-refractivity contribution in [2.24, 2.45) is 11.8 Å². The van der Waals surface area contributed by atoms with Crippen LogP contribution in [0.1, 0.15) is 33.6 Å². The van der Waals surface area contributed by atoms with E-state index in [4.69, 9.17) is 9.47 Å². The number of esters is 1. The maximum Gasteiger partial charge on any atom is 0.312 e. The van der Waals surface area contributed by atoms with Gasteiger partial charge in [0.05, 0.1) is 25.2 Å². The summed E-state index contributed by atoms with van der Waals surface area (Å²) in [6.07, 6.45) is 5.41. The van der Waals surface area contributed by atoms with Crippen LogP contribution in [0.25, 0.3) is 0 Å². The van der Waals surface area contributed by atoms with Crippen molar-refractivity contribution < 1.29 is 19.1 Å². The van der Waals surface area contributed by atoms with Gasteiger partial charge in [-0.25, -0.2) is 0 Å². The molecular weight excluding hydrogens is 270 g/mol. The fourth-order valence-corrected chi connectivity index (χ4v) is 3.65. The summed E-state index contributed by atoms with van der Waals surface area (Å²) in [6, 6.07) is 0.116. The van der Waals surface area contributed by atoms with E-state index >= 15 is 0 Å². The van der Waals surface area contributed by atoms with Gasteiger partial charge in [-0.3, -0.25) is 9.59 Å². The third kappa shape index (κ3) is 2.09. The van der Waals surface area contributed by atoms with Gasteiger partial charge in [0.2, 0.25) is 5.91 Å². The first-order valence-electron chi connectivity index (χ1n) is 7.84. The van der Waals surface area contributed by atoms with Crippen molar-refractivity contribution >= 4 is 11.9 Å². The van der Waals surface area contributed by atoms with Gasteiger partial charge in [-0.05, 0) is 20.3 Å². The minimum absolute atomic E-state index is 0.0225. The second-order valence-corrected chi connectivity index (χ2v) is 6.48. The zero-order valence-electron chi connectivity index (χ0n) is 12.9. The fraction of sp³-hybridized carbons (Fsp3) is 0.750. The Bertz CT molecular complexity index is 487. The Kier molecular flexibility index (Phi) is 3.56. The van der Waals surface area contributed by atoms with Gasteiger partial charge in [0.15, 0.2) is 0 Å². The fourth-order valence-electron chi connectivity index (χ4n) is 3.65. The Hall–Kier alpha value is -1.36. The topological polar surface area (TPSA) is 55.8 Å². The molecule has 2 bridgehead atoms. The second kappa shape index (κ2) is 5.13. The standard InChI is InChI=1S/C16H23NO4/c1-4-5-8-20-15(19)12-11-6-7-16(21-11)9-17(10(2)3)14(18)13(12)16/h6-7,10-13H,4-5,8-9H2,1-3H3/t11-,12+,13+,16-/m1/s1. The van der Waals surface area contributed by atoms with Crippen LogP contribution in [-0.4, -0.2) is 47.7 Å². The van der Waals surface area contributed by atoms with Gasteiger partial charge < -0.3 is 14.4 Å². The largest absolute Gasteiger partial charge is 0.465 e. The molecule has 5 nitrogen and oxygen atoms in total. The average Bonchev–Trinajstić information content (AvgIpc) is 3.07. The van der Waals surface area contributed by atoms with Crippen LogP contribution >= 0.6 is 0 Å². The third-order valence-electron chi connectivity index (χ3n) is 4.77. The van der Waals surface area contributed by atoms with Gasteiger partial charge in [0.1, 0.15) is 11.5 Å². The molecule has 0 saturated carbocycles. The molecule has 4 atom stereocenters. The second-order valence-electron chi connectivity index (χ2n) is 6.48. The number of carbonyl (C=O) groups is 2. The number of fused-ring (bicyclic) bond motifs is 1. The molecule has 1 amide bonds. The Balaban J connectivity index is 1.79. The van der Waals surface area contributed by atoms with Crippen LogP contribution in [0.2, 0.25) is 0 Å². The molecule has 3 aliphatic heterocycles. The van der Waals surface area contributed by atoms with E-state index in [0.717, 1.165) is 12.8 Å². The van der Waals surface area contributed by atoms with E-state index in [0.29, 0.717) is 13.2 Å². The maximum absolute atomic E-state index is 12.7. The molecule has 5 heteroatoms. The van der Waals surface area contributed by atoms with E-state index in [1.165, 1.54) is 0 Å². The molecule has 21 heavy (non-hydrogen) atoms. The van der Waals surface area contributed by atoms with Crippen molar-refractivity contribution in [3.63, 3.8) is 0 Å². The lowest BCUT2D eigenvalue weighted by Gasteiger charge is -2.24. The van der Waals surface area contributed by atoms with Crippen LogP contribution in [0.4, 0.5) is 0 Å². The summed E-state index contributed by atoms with van der Waals surface area (Å²) >= 11 is 0. The molecule has 2 saturated heterocycles. The lowest BCUT2D eigenvalue weighted by molar-refractivity contribution is -0.154. The van der Waals surface area contributed by atoms with Crippen molar-refractivity contribution in [2.45, 2.75) is 51.4 Å². The minimum Gasteiger partial charge on any atom is -0.465 e. The van der Waals surface area contributed by atoms with Gasteiger partial charge in [-0.1, -0.05) is 25.5 Å². The third-order valence-corrected chi connectivity index (χ3v) is 4.77. The van der Waals surface area contributed by atoms with Crippen LogP contribution < -0.4 is 0 Å². The quantitative estimate of drug-likeness (QED) is 0.438. The lowest BCUT2D eigenvalue weighted by Crippen LogP contribution is -2.40. The molecule has 0 aromatic heterocycles. The summed E-state index contributed by atoms with van der Waals surface area (Å²) in [6.45, 7) is 6.98. The van der Waals surface area contributed by atoms with E-state index in [1.807, 2.05) is 37.8 Å². The lowest BCUT2D eigenvalue weighted by atomic mass is 9.77. The summed E-state index contributed by atoms with van der Waals surface area (Å²) in [5.41, 5.74) is -0.611. The van der Waals surface area contributed by atoms with Crippen molar-refractivity contribution in [2.75, 3.05) is 13.2 Å². The van der Waals surface area contributed by atoms with Crippen LogP contribution in [0, 0.1) is 11.8 Å². The Morgan fingerprint density at radius 1 is 1.57 bits per heavy atom. The number of ether oxygens (including phenoxy) is 2. The van der Waals surface area contributed by atoms with Crippen molar-refractivity contribution in [1.82, 2.24) is 4.90 Å². The molecule has 0 aromatic carbocycles. The zero-order chi connectivity index (χ0) is 15.2. The molecule has 0 N–H and O–H groups in total. The molecule has 0 radical (unpaired) electrons. The number of nitrogens with zero attached hydrogens (tertiary/aromatic N) is 1. The number of rotatable bonds is 5. The highest BCUT2D eigenvalue weighted by molar-refractivity contribution is 5.91. The number of hydrogen-bond donors (Lipinski definition) is 0. The molecule has 2 fully saturated rings. The van der Waals surface area contributed by atoms with E-state index in [9.17, 15) is 9.59 Å². The number of unbranched alkanes of at least 4 members (excludes halogenated alkanes) is 1. The predicted molar refractivity (Wildman–Crippen MR) is 76.4 cm³/mol. The normalized spacial score (nSPS) is 36.7. The first-order chi connectivity index (χ1) is 10.00. The van der Waals surface area contributed by atoms with Crippen molar-refractivity contribution in [3.05, 3.63) is 12.2 Å². The van der Waals surface area contributed by atoms with Gasteiger partial charge >= 0.3 is 5.97 Å². The molecule has 1 spiro atoms. The van der Waals surface area contributed by atoms with E-state index < -0.39 is 17.4 Å². The number of hydrogen-bond acceptors (Lipinski definition) is 4. The van der Waals surface area contributed by atoms with Crippen LogP contribution in [-0.2, 0) is 19.1 Å². The van der Waals surface area contributed by atoms with Crippen LogP contribution in [0.5, 0.6) is 0 Å². The van der Waals surface area contributed by atoms with Crippen LogP contribution in [0.3, 0.4) is 0 Å². The minimum atomic E-state index is -0.611. The van der Waals surface area contributed by atoms with Gasteiger partial charge in [0, 0.05) is 6.04 Å². The molecule has 3 aliphatic rings. The summed E-state index contributed by atoms with van der Waals surface area (Å²) < 4.78 is 11.3. The maximum atomic E-state index is 12.7. The Morgan fingerprint density at radius 2 is 2.33 bits per heavy atom. The SMILES string of the molecule is CCCCOC(=O)[C@@H]1[C@H]2C(=O)N(C(C)C)C[C@]23C=C[C@H]1O3. The van der Waals surface area contributed by atoms with Crippen LogP contribution in [0.15, 0.2) is 12.2 Å². The van der Waals surface area contributed by atoms with Crippen molar-refractivity contribution in [3.8, 4) is 0 Å². The first kappa shape index (κ1) is 14.6.